The van der Waals surface area contributed by atoms with Gasteiger partial charge in [-0.3, -0.25) is 0 Å². The fraction of sp³-hybridized carbons (Fsp3) is 0.300. The molecule has 0 saturated heterocycles. The molecule has 2 nitrogen and oxygen atoms in total. The van der Waals surface area contributed by atoms with Crippen molar-refractivity contribution >= 4 is 0 Å². The summed E-state index contributed by atoms with van der Waals surface area (Å²) in [4.78, 5) is 0. The van der Waals surface area contributed by atoms with Gasteiger partial charge < -0.3 is 9.84 Å². The monoisotopic (exact) mass is 294 g/mol. The van der Waals surface area contributed by atoms with Gasteiger partial charge in [-0.2, -0.15) is 0 Å². The molecule has 0 fully saturated rings. The smallest absolute Gasteiger partial charge is 0.143 e. The second-order valence-corrected chi connectivity index (χ2v) is 6.33. The lowest BCUT2D eigenvalue weighted by molar-refractivity contribution is 0.231. The summed E-state index contributed by atoms with van der Waals surface area (Å²) in [7, 11) is 1.61. The summed E-state index contributed by atoms with van der Waals surface area (Å²) in [5.74, 6) is 3.05. The summed E-state index contributed by atoms with van der Waals surface area (Å²) in [6, 6.07) is 14.1. The van der Waals surface area contributed by atoms with Gasteiger partial charge in [-0.25, -0.2) is 0 Å². The summed E-state index contributed by atoms with van der Waals surface area (Å²) in [6.07, 6.45) is 4.43. The number of methoxy groups -OCH3 is 1. The molecule has 0 amide bonds. The molecule has 0 aliphatic heterocycles. The Hall–Kier alpha value is -2.24. The van der Waals surface area contributed by atoms with Crippen molar-refractivity contribution in [3.05, 3.63) is 53.6 Å². The van der Waals surface area contributed by atoms with Crippen LogP contribution in [0.2, 0.25) is 0 Å². The Balaban J connectivity index is 2.76. The maximum absolute atomic E-state index is 10.2. The van der Waals surface area contributed by atoms with Crippen LogP contribution in [0.4, 0.5) is 0 Å². The zero-order valence-corrected chi connectivity index (χ0v) is 13.6. The van der Waals surface area contributed by atoms with Crippen molar-refractivity contribution < 1.29 is 9.84 Å². The summed E-state index contributed by atoms with van der Waals surface area (Å²) < 4.78 is 5.56. The number of aliphatic hydroxyl groups excluding tert-OH is 1. The van der Waals surface area contributed by atoms with Gasteiger partial charge in [0.15, 0.2) is 0 Å². The van der Waals surface area contributed by atoms with E-state index >= 15 is 0 Å². The standard InChI is InChI=1S/C20H22O2/c1-6-18(21)16-12-15(14-10-8-7-9-11-14)13-17(19(16)22-5)20(2,3)4/h1,7-13,18,21H,2-5H3. The number of aliphatic hydroxyl groups is 1. The number of hydrogen-bond donors (Lipinski definition) is 1. The maximum Gasteiger partial charge on any atom is 0.143 e. The molecule has 1 N–H and O–H groups in total. The first-order valence-corrected chi connectivity index (χ1v) is 7.30. The van der Waals surface area contributed by atoms with Crippen LogP contribution in [0.3, 0.4) is 0 Å². The van der Waals surface area contributed by atoms with Gasteiger partial charge in [0.2, 0.25) is 0 Å². The van der Waals surface area contributed by atoms with Gasteiger partial charge in [0.1, 0.15) is 11.9 Å². The largest absolute Gasteiger partial charge is 0.496 e. The molecule has 0 bridgehead atoms. The average Bonchev–Trinajstić information content (AvgIpc) is 2.52. The molecule has 0 heterocycles. The second kappa shape index (κ2) is 6.25. The molecule has 2 aromatic rings. The van der Waals surface area contributed by atoms with Crippen LogP contribution >= 0.6 is 0 Å². The fourth-order valence-electron chi connectivity index (χ4n) is 2.53. The molecule has 2 rings (SSSR count). The lowest BCUT2D eigenvalue weighted by Gasteiger charge is -2.26. The minimum Gasteiger partial charge on any atom is -0.496 e. The van der Waals surface area contributed by atoms with Gasteiger partial charge in [0, 0.05) is 11.1 Å². The Morgan fingerprint density at radius 3 is 2.23 bits per heavy atom. The summed E-state index contributed by atoms with van der Waals surface area (Å²) in [5.41, 5.74) is 3.65. The van der Waals surface area contributed by atoms with Crippen LogP contribution in [0.15, 0.2) is 42.5 Å². The van der Waals surface area contributed by atoms with Crippen molar-refractivity contribution in [2.45, 2.75) is 32.3 Å². The molecule has 2 aromatic carbocycles. The van der Waals surface area contributed by atoms with E-state index in [0.717, 1.165) is 16.7 Å². The van der Waals surface area contributed by atoms with Gasteiger partial charge >= 0.3 is 0 Å². The fourth-order valence-corrected chi connectivity index (χ4v) is 2.53. The van der Waals surface area contributed by atoms with E-state index in [0.29, 0.717) is 11.3 Å². The van der Waals surface area contributed by atoms with Crippen LogP contribution in [-0.4, -0.2) is 12.2 Å². The van der Waals surface area contributed by atoms with E-state index in [9.17, 15) is 5.11 Å². The molecule has 0 radical (unpaired) electrons. The third kappa shape index (κ3) is 3.16. The number of terminal acetylenes is 1. The van der Waals surface area contributed by atoms with Crippen molar-refractivity contribution in [1.82, 2.24) is 0 Å². The number of ether oxygens (including phenoxy) is 1. The van der Waals surface area contributed by atoms with Crippen molar-refractivity contribution in [3.63, 3.8) is 0 Å². The molecule has 0 spiro atoms. The highest BCUT2D eigenvalue weighted by molar-refractivity contribution is 5.69. The van der Waals surface area contributed by atoms with Gasteiger partial charge in [0.05, 0.1) is 7.11 Å². The molecule has 2 heteroatoms. The molecule has 22 heavy (non-hydrogen) atoms. The molecule has 114 valence electrons. The van der Waals surface area contributed by atoms with Gasteiger partial charge in [0.25, 0.3) is 0 Å². The summed E-state index contributed by atoms with van der Waals surface area (Å²) >= 11 is 0. The predicted molar refractivity (Wildman–Crippen MR) is 90.9 cm³/mol. The van der Waals surface area contributed by atoms with E-state index in [4.69, 9.17) is 11.2 Å². The summed E-state index contributed by atoms with van der Waals surface area (Å²) in [6.45, 7) is 6.35. The molecular formula is C20H22O2. The first kappa shape index (κ1) is 16.1. The van der Waals surface area contributed by atoms with E-state index in [1.165, 1.54) is 0 Å². The highest BCUT2D eigenvalue weighted by Crippen LogP contribution is 2.40. The minimum atomic E-state index is -0.986. The molecule has 0 aromatic heterocycles. The number of hydrogen-bond acceptors (Lipinski definition) is 2. The first-order chi connectivity index (χ1) is 10.4. The first-order valence-electron chi connectivity index (χ1n) is 7.30. The normalized spacial score (nSPS) is 12.5. The minimum absolute atomic E-state index is 0.126. The summed E-state index contributed by atoms with van der Waals surface area (Å²) in [5, 5.41) is 10.2. The van der Waals surface area contributed by atoms with Crippen LogP contribution in [0.25, 0.3) is 11.1 Å². The van der Waals surface area contributed by atoms with Gasteiger partial charge in [-0.1, -0.05) is 57.0 Å². The van der Waals surface area contributed by atoms with Crippen LogP contribution in [0.5, 0.6) is 5.75 Å². The third-order valence-electron chi connectivity index (χ3n) is 3.69. The second-order valence-electron chi connectivity index (χ2n) is 6.33. The van der Waals surface area contributed by atoms with Crippen LogP contribution in [0.1, 0.15) is 38.0 Å². The lowest BCUT2D eigenvalue weighted by atomic mass is 9.82. The van der Waals surface area contributed by atoms with Crippen LogP contribution in [-0.2, 0) is 5.41 Å². The average molecular weight is 294 g/mol. The Morgan fingerprint density at radius 2 is 1.73 bits per heavy atom. The van der Waals surface area contributed by atoms with Crippen molar-refractivity contribution in [2.75, 3.05) is 7.11 Å². The topological polar surface area (TPSA) is 29.5 Å². The SMILES string of the molecule is C#CC(O)c1cc(-c2ccccc2)cc(C(C)(C)C)c1OC. The van der Waals surface area contributed by atoms with E-state index in [1.807, 2.05) is 36.4 Å². The molecule has 1 atom stereocenters. The van der Waals surface area contributed by atoms with Gasteiger partial charge in [-0.05, 0) is 28.7 Å². The lowest BCUT2D eigenvalue weighted by Crippen LogP contribution is -2.15. The Labute approximate surface area is 132 Å². The van der Waals surface area contributed by atoms with Crippen LogP contribution < -0.4 is 4.74 Å². The molecule has 0 saturated carbocycles. The molecule has 0 aliphatic rings. The number of rotatable bonds is 3. The zero-order chi connectivity index (χ0) is 16.3. The van der Waals surface area contributed by atoms with E-state index in [1.54, 1.807) is 7.11 Å². The molecule has 1 unspecified atom stereocenters. The van der Waals surface area contributed by atoms with Crippen LogP contribution in [0, 0.1) is 12.3 Å². The van der Waals surface area contributed by atoms with Crippen molar-refractivity contribution in [1.29, 1.82) is 0 Å². The van der Waals surface area contributed by atoms with E-state index in [-0.39, 0.29) is 5.41 Å². The Morgan fingerprint density at radius 1 is 1.09 bits per heavy atom. The van der Waals surface area contributed by atoms with E-state index < -0.39 is 6.10 Å². The zero-order valence-electron chi connectivity index (χ0n) is 13.6. The number of benzene rings is 2. The highest BCUT2D eigenvalue weighted by Gasteiger charge is 2.24. The molecule has 0 aliphatic carbocycles. The highest BCUT2D eigenvalue weighted by atomic mass is 16.5. The predicted octanol–water partition coefficient (Wildman–Crippen LogP) is 4.33. The van der Waals surface area contributed by atoms with Crippen molar-refractivity contribution in [2.24, 2.45) is 0 Å². The molecular weight excluding hydrogens is 272 g/mol. The quantitative estimate of drug-likeness (QED) is 0.854. The van der Waals surface area contributed by atoms with Gasteiger partial charge in [-0.15, -0.1) is 6.42 Å². The van der Waals surface area contributed by atoms with Crippen molar-refractivity contribution in [3.8, 4) is 29.2 Å². The Kier molecular flexibility index (Phi) is 4.59. The maximum atomic E-state index is 10.2. The van der Waals surface area contributed by atoms with E-state index in [2.05, 4.69) is 32.8 Å². The Bertz CT molecular complexity index is 688. The third-order valence-corrected chi connectivity index (χ3v) is 3.69.